The maximum atomic E-state index is 13.1. The third-order valence-corrected chi connectivity index (χ3v) is 7.87. The Balaban J connectivity index is 2.01. The minimum Gasteiger partial charge on any atom is -0.392 e. The largest absolute Gasteiger partial charge is 0.392 e. The van der Waals surface area contributed by atoms with Gasteiger partial charge in [-0.25, -0.2) is 0 Å². The lowest BCUT2D eigenvalue weighted by atomic mass is 9.59. The van der Waals surface area contributed by atoms with E-state index < -0.39 is 72.1 Å². The summed E-state index contributed by atoms with van der Waals surface area (Å²) in [5.41, 5.74) is 0. The van der Waals surface area contributed by atoms with E-state index in [0.717, 1.165) is 0 Å². The second-order valence-electron chi connectivity index (χ2n) is 11.1. The molecule has 0 aromatic carbocycles. The molecule has 0 aromatic rings. The van der Waals surface area contributed by atoms with Crippen LogP contribution in [0, 0.1) is 47.3 Å². The van der Waals surface area contributed by atoms with E-state index in [2.05, 4.69) is 0 Å². The van der Waals surface area contributed by atoms with Crippen LogP contribution in [-0.4, -0.2) is 68.6 Å². The van der Waals surface area contributed by atoms with Crippen LogP contribution in [0.2, 0.25) is 0 Å². The first-order valence-corrected chi connectivity index (χ1v) is 11.8. The SMILES string of the molecule is CC(C)CC(=O)C1C(O)C(C)C(O)C2C1OC1C(C(=O)CC(C)C)C(O)C(C)C(O)C12. The summed E-state index contributed by atoms with van der Waals surface area (Å²) >= 11 is 0. The second-order valence-corrected chi connectivity index (χ2v) is 11.1. The summed E-state index contributed by atoms with van der Waals surface area (Å²) < 4.78 is 6.30. The maximum absolute atomic E-state index is 13.1. The standard InChI is InChI=1S/C24H40O7/c1-9(2)7-13(25)15-19(27)11(5)21(29)17-18-22(30)12(6)20(28)16(14(26)8-10(3)4)24(18)31-23(15)17/h9-12,15-24,27-30H,7-8H2,1-6H3. The summed E-state index contributed by atoms with van der Waals surface area (Å²) in [6, 6.07) is 0. The first-order valence-electron chi connectivity index (χ1n) is 11.8. The van der Waals surface area contributed by atoms with E-state index in [1.807, 2.05) is 27.7 Å². The van der Waals surface area contributed by atoms with E-state index in [1.54, 1.807) is 13.8 Å². The van der Waals surface area contributed by atoms with Gasteiger partial charge in [-0.2, -0.15) is 0 Å². The van der Waals surface area contributed by atoms with Gasteiger partial charge in [-0.3, -0.25) is 9.59 Å². The van der Waals surface area contributed by atoms with Crippen molar-refractivity contribution in [3.8, 4) is 0 Å². The fourth-order valence-electron chi connectivity index (χ4n) is 6.27. The summed E-state index contributed by atoms with van der Waals surface area (Å²) in [6.07, 6.45) is -5.09. The highest BCUT2D eigenvalue weighted by Gasteiger charge is 2.65. The number of hydrogen-bond donors (Lipinski definition) is 4. The van der Waals surface area contributed by atoms with E-state index in [9.17, 15) is 30.0 Å². The van der Waals surface area contributed by atoms with E-state index in [0.29, 0.717) is 0 Å². The predicted molar refractivity (Wildman–Crippen MR) is 114 cm³/mol. The quantitative estimate of drug-likeness (QED) is 0.489. The zero-order valence-corrected chi connectivity index (χ0v) is 19.5. The van der Waals surface area contributed by atoms with Crippen LogP contribution in [0.15, 0.2) is 0 Å². The van der Waals surface area contributed by atoms with Gasteiger partial charge in [0.15, 0.2) is 0 Å². The van der Waals surface area contributed by atoms with Gasteiger partial charge >= 0.3 is 0 Å². The van der Waals surface area contributed by atoms with E-state index in [1.165, 1.54) is 0 Å². The van der Waals surface area contributed by atoms with Gasteiger partial charge in [-0.05, 0) is 11.8 Å². The van der Waals surface area contributed by atoms with E-state index >= 15 is 0 Å². The first-order chi connectivity index (χ1) is 14.4. The Labute approximate surface area is 185 Å². The Bertz CT molecular complexity index is 621. The number of ether oxygens (including phenoxy) is 1. The molecular formula is C24H40O7. The van der Waals surface area contributed by atoms with Gasteiger partial charge in [-0.1, -0.05) is 41.5 Å². The zero-order chi connectivity index (χ0) is 23.4. The number of ketones is 2. The Morgan fingerprint density at radius 3 is 1.29 bits per heavy atom. The third-order valence-electron chi connectivity index (χ3n) is 7.87. The van der Waals surface area contributed by atoms with Gasteiger partial charge in [0.2, 0.25) is 0 Å². The molecule has 0 bridgehead atoms. The fraction of sp³-hybridized carbons (Fsp3) is 0.917. The first kappa shape index (κ1) is 24.8. The zero-order valence-electron chi connectivity index (χ0n) is 19.5. The molecule has 3 fully saturated rings. The minimum atomic E-state index is -1.06. The number of hydrogen-bond acceptors (Lipinski definition) is 7. The molecule has 1 aliphatic heterocycles. The monoisotopic (exact) mass is 440 g/mol. The molecule has 0 spiro atoms. The number of rotatable bonds is 6. The molecule has 1 saturated heterocycles. The van der Waals surface area contributed by atoms with Crippen LogP contribution in [0.1, 0.15) is 54.4 Å². The molecule has 3 aliphatic rings. The van der Waals surface area contributed by atoms with Crippen molar-refractivity contribution in [2.24, 2.45) is 47.3 Å². The van der Waals surface area contributed by atoms with E-state index in [4.69, 9.17) is 4.74 Å². The van der Waals surface area contributed by atoms with Crippen molar-refractivity contribution in [3.63, 3.8) is 0 Å². The molecule has 7 heteroatoms. The van der Waals surface area contributed by atoms with Gasteiger partial charge in [0.25, 0.3) is 0 Å². The van der Waals surface area contributed by atoms with Crippen LogP contribution < -0.4 is 0 Å². The third kappa shape index (κ3) is 4.24. The average Bonchev–Trinajstić information content (AvgIpc) is 3.03. The molecule has 12 atom stereocenters. The Morgan fingerprint density at radius 2 is 1.00 bits per heavy atom. The molecule has 0 amide bonds. The smallest absolute Gasteiger partial charge is 0.141 e. The van der Waals surface area contributed by atoms with Crippen LogP contribution in [0.3, 0.4) is 0 Å². The molecule has 7 nitrogen and oxygen atoms in total. The van der Waals surface area contributed by atoms with Crippen molar-refractivity contribution >= 4 is 11.6 Å². The molecule has 2 aliphatic carbocycles. The summed E-state index contributed by atoms with van der Waals surface area (Å²) in [5, 5.41) is 43.9. The fourth-order valence-corrected chi connectivity index (χ4v) is 6.27. The molecule has 0 radical (unpaired) electrons. The van der Waals surface area contributed by atoms with Gasteiger partial charge in [-0.15, -0.1) is 0 Å². The molecule has 2 saturated carbocycles. The lowest BCUT2D eigenvalue weighted by Gasteiger charge is -2.47. The van der Waals surface area contributed by atoms with Gasteiger partial charge in [0.1, 0.15) is 11.6 Å². The Hall–Kier alpha value is -0.860. The molecular weight excluding hydrogens is 400 g/mol. The second kappa shape index (κ2) is 9.18. The van der Waals surface area contributed by atoms with Crippen LogP contribution in [-0.2, 0) is 14.3 Å². The van der Waals surface area contributed by atoms with Gasteiger partial charge in [0, 0.05) is 36.5 Å². The predicted octanol–water partition coefficient (Wildman–Crippen LogP) is 1.19. The molecule has 1 heterocycles. The summed E-state index contributed by atoms with van der Waals surface area (Å²) in [4.78, 5) is 26.2. The Kier molecular flexibility index (Phi) is 7.34. The molecule has 0 aromatic heterocycles. The van der Waals surface area contributed by atoms with Crippen molar-refractivity contribution < 1.29 is 34.8 Å². The Morgan fingerprint density at radius 1 is 0.677 bits per heavy atom. The van der Waals surface area contributed by atoms with Crippen LogP contribution in [0.4, 0.5) is 0 Å². The highest BCUT2D eigenvalue weighted by molar-refractivity contribution is 5.84. The number of aliphatic hydroxyl groups is 4. The van der Waals surface area contributed by atoms with Crippen LogP contribution >= 0.6 is 0 Å². The van der Waals surface area contributed by atoms with Crippen molar-refractivity contribution in [1.82, 2.24) is 0 Å². The molecule has 4 N–H and O–H groups in total. The summed E-state index contributed by atoms with van der Waals surface area (Å²) in [5.74, 6) is -3.96. The molecule has 3 rings (SSSR count). The van der Waals surface area contributed by atoms with Crippen LogP contribution in [0.5, 0.6) is 0 Å². The molecule has 31 heavy (non-hydrogen) atoms. The number of aliphatic hydroxyl groups excluding tert-OH is 4. The normalized spacial score (nSPS) is 47.4. The number of Topliss-reactive ketones (excluding diaryl/α,β-unsaturated/α-hetero) is 2. The number of fused-ring (bicyclic) bond motifs is 3. The summed E-state index contributed by atoms with van der Waals surface area (Å²) in [7, 11) is 0. The maximum Gasteiger partial charge on any atom is 0.141 e. The summed E-state index contributed by atoms with van der Waals surface area (Å²) in [6.45, 7) is 11.1. The van der Waals surface area contributed by atoms with E-state index in [-0.39, 0.29) is 36.2 Å². The molecule has 12 unspecified atom stereocenters. The van der Waals surface area contributed by atoms with Crippen molar-refractivity contribution in [2.45, 2.75) is 91.0 Å². The minimum absolute atomic E-state index is 0.108. The van der Waals surface area contributed by atoms with Gasteiger partial charge in [0.05, 0.1) is 48.5 Å². The van der Waals surface area contributed by atoms with Crippen LogP contribution in [0.25, 0.3) is 0 Å². The topological polar surface area (TPSA) is 124 Å². The number of carbonyl (C=O) groups is 2. The van der Waals surface area contributed by atoms with Crippen molar-refractivity contribution in [3.05, 3.63) is 0 Å². The van der Waals surface area contributed by atoms with Gasteiger partial charge < -0.3 is 25.2 Å². The lowest BCUT2D eigenvalue weighted by molar-refractivity contribution is -0.166. The highest BCUT2D eigenvalue weighted by Crippen LogP contribution is 2.54. The lowest BCUT2D eigenvalue weighted by Crippen LogP contribution is -2.60. The number of carbonyl (C=O) groups excluding carboxylic acids is 2. The average molecular weight is 441 g/mol. The molecule has 178 valence electrons. The van der Waals surface area contributed by atoms with Crippen molar-refractivity contribution in [2.75, 3.05) is 0 Å². The highest BCUT2D eigenvalue weighted by atomic mass is 16.5. The van der Waals surface area contributed by atoms with Crippen molar-refractivity contribution in [1.29, 1.82) is 0 Å².